The van der Waals surface area contributed by atoms with Gasteiger partial charge in [0, 0.05) is 27.6 Å². The van der Waals surface area contributed by atoms with E-state index >= 15 is 0 Å². The summed E-state index contributed by atoms with van der Waals surface area (Å²) in [7, 11) is 0. The third kappa shape index (κ3) is 6.28. The van der Waals surface area contributed by atoms with Crippen molar-refractivity contribution >= 4 is 21.8 Å². The fourth-order valence-corrected chi connectivity index (χ4v) is 8.55. The molecule has 0 saturated carbocycles. The molecule has 0 N–H and O–H groups in total. The van der Waals surface area contributed by atoms with Gasteiger partial charge in [-0.1, -0.05) is 188 Å². The molecule has 0 bridgehead atoms. The fraction of sp³-hybridized carbons (Fsp3) is 0. The molecular weight excluding hydrogens is 729 g/mol. The van der Waals surface area contributed by atoms with Gasteiger partial charge in [-0.2, -0.15) is 0 Å². The van der Waals surface area contributed by atoms with Gasteiger partial charge in [-0.05, 0) is 87.0 Å². The molecule has 282 valence electrons. The van der Waals surface area contributed by atoms with Crippen molar-refractivity contribution in [3.63, 3.8) is 0 Å². The highest BCUT2D eigenvalue weighted by Gasteiger charge is 2.18. The SMILES string of the molecule is c1ccc(-c2ccc(-c3nc(-c4ccccc4)nn3-c3ccc(-c4ccccc4-c4ccccc4-c4ccc5c(c4)c4ccccc4n5-c4ccccc4)cc3)cc2)cc1. The number of fused-ring (bicyclic) bond motifs is 3. The molecule has 2 heterocycles. The molecule has 11 aromatic rings. The van der Waals surface area contributed by atoms with E-state index in [1.807, 2.05) is 28.9 Å². The smallest absolute Gasteiger partial charge is 0.182 e. The van der Waals surface area contributed by atoms with Gasteiger partial charge in [0.05, 0.1) is 16.7 Å². The van der Waals surface area contributed by atoms with E-state index in [1.54, 1.807) is 0 Å². The van der Waals surface area contributed by atoms with Crippen LogP contribution < -0.4 is 0 Å². The van der Waals surface area contributed by atoms with Gasteiger partial charge in [0.15, 0.2) is 11.6 Å². The van der Waals surface area contributed by atoms with E-state index in [0.29, 0.717) is 5.82 Å². The van der Waals surface area contributed by atoms with Gasteiger partial charge in [0.25, 0.3) is 0 Å². The largest absolute Gasteiger partial charge is 0.309 e. The molecule has 9 aromatic carbocycles. The molecular formula is C56H38N4. The molecule has 0 radical (unpaired) electrons. The molecule has 0 aliphatic rings. The van der Waals surface area contributed by atoms with Gasteiger partial charge in [-0.25, -0.2) is 9.67 Å². The Kier molecular flexibility index (Phi) is 8.79. The van der Waals surface area contributed by atoms with E-state index in [2.05, 4.69) is 211 Å². The summed E-state index contributed by atoms with van der Waals surface area (Å²) in [6.07, 6.45) is 0. The summed E-state index contributed by atoms with van der Waals surface area (Å²) in [6.45, 7) is 0. The van der Waals surface area contributed by atoms with Gasteiger partial charge in [-0.3, -0.25) is 0 Å². The van der Waals surface area contributed by atoms with Crippen molar-refractivity contribution < 1.29 is 0 Å². The number of benzene rings is 9. The van der Waals surface area contributed by atoms with Crippen LogP contribution in [-0.4, -0.2) is 19.3 Å². The zero-order valence-electron chi connectivity index (χ0n) is 32.7. The maximum atomic E-state index is 5.11. The van der Waals surface area contributed by atoms with E-state index in [9.17, 15) is 0 Å². The zero-order chi connectivity index (χ0) is 39.8. The van der Waals surface area contributed by atoms with E-state index in [4.69, 9.17) is 10.1 Å². The maximum Gasteiger partial charge on any atom is 0.182 e. The monoisotopic (exact) mass is 766 g/mol. The standard InChI is InChI=1S/C56H38N4/c1-4-16-39(17-5-1)40-28-30-43(31-29-40)56-57-55(42-18-6-2-7-19-42)58-60(56)46-35-32-41(33-36-46)47-22-10-12-24-49(47)50-25-13-11-23-48(50)44-34-37-54-52(38-44)51-26-14-15-27-53(51)59(54)45-20-8-3-9-21-45/h1-38H. The average molecular weight is 767 g/mol. The lowest BCUT2D eigenvalue weighted by molar-refractivity contribution is 0.891. The van der Waals surface area contributed by atoms with E-state index in [-0.39, 0.29) is 0 Å². The first-order valence-electron chi connectivity index (χ1n) is 20.3. The first-order valence-corrected chi connectivity index (χ1v) is 20.3. The van der Waals surface area contributed by atoms with Crippen LogP contribution in [0.2, 0.25) is 0 Å². The van der Waals surface area contributed by atoms with Gasteiger partial charge in [0.1, 0.15) is 0 Å². The summed E-state index contributed by atoms with van der Waals surface area (Å²) < 4.78 is 4.33. The fourth-order valence-electron chi connectivity index (χ4n) is 8.55. The molecule has 0 amide bonds. The van der Waals surface area contributed by atoms with Gasteiger partial charge >= 0.3 is 0 Å². The topological polar surface area (TPSA) is 35.6 Å². The van der Waals surface area contributed by atoms with Gasteiger partial charge in [-0.15, -0.1) is 5.10 Å². The molecule has 4 heteroatoms. The maximum absolute atomic E-state index is 5.11. The zero-order valence-corrected chi connectivity index (χ0v) is 32.7. The van der Waals surface area contributed by atoms with Gasteiger partial charge in [0.2, 0.25) is 0 Å². The van der Waals surface area contributed by atoms with Gasteiger partial charge < -0.3 is 4.57 Å². The molecule has 4 nitrogen and oxygen atoms in total. The predicted octanol–water partition coefficient (Wildman–Crippen LogP) is 14.4. The molecule has 11 rings (SSSR count). The van der Waals surface area contributed by atoms with Crippen LogP contribution in [0, 0.1) is 0 Å². The van der Waals surface area contributed by atoms with E-state index in [1.165, 1.54) is 55.2 Å². The van der Waals surface area contributed by atoms with Crippen LogP contribution in [0.4, 0.5) is 0 Å². The highest BCUT2D eigenvalue weighted by molar-refractivity contribution is 6.11. The minimum absolute atomic E-state index is 0.687. The second kappa shape index (κ2) is 15.0. The van der Waals surface area contributed by atoms with E-state index < -0.39 is 0 Å². The van der Waals surface area contributed by atoms with E-state index in [0.717, 1.165) is 39.5 Å². The van der Waals surface area contributed by atoms with Crippen LogP contribution >= 0.6 is 0 Å². The number of rotatable bonds is 8. The van der Waals surface area contributed by atoms with Crippen molar-refractivity contribution in [3.8, 4) is 78.7 Å². The minimum Gasteiger partial charge on any atom is -0.309 e. The van der Waals surface area contributed by atoms with Crippen molar-refractivity contribution in [1.29, 1.82) is 0 Å². The Morgan fingerprint density at radius 3 is 1.47 bits per heavy atom. The number of hydrogen-bond acceptors (Lipinski definition) is 2. The second-order valence-electron chi connectivity index (χ2n) is 15.0. The Labute approximate surface area is 348 Å². The summed E-state index contributed by atoms with van der Waals surface area (Å²) >= 11 is 0. The Hall–Kier alpha value is -8.08. The summed E-state index contributed by atoms with van der Waals surface area (Å²) in [5.41, 5.74) is 15.9. The van der Waals surface area contributed by atoms with Crippen molar-refractivity contribution in [2.75, 3.05) is 0 Å². The third-order valence-corrected chi connectivity index (χ3v) is 11.5. The minimum atomic E-state index is 0.687. The summed E-state index contributed by atoms with van der Waals surface area (Å²) in [6, 6.07) is 81.7. The molecule has 0 unspecified atom stereocenters. The first-order chi connectivity index (χ1) is 29.8. The highest BCUT2D eigenvalue weighted by Crippen LogP contribution is 2.41. The Morgan fingerprint density at radius 2 is 0.783 bits per heavy atom. The predicted molar refractivity (Wildman–Crippen MR) is 248 cm³/mol. The van der Waals surface area contributed by atoms with Crippen LogP contribution in [-0.2, 0) is 0 Å². The second-order valence-corrected chi connectivity index (χ2v) is 15.0. The molecule has 60 heavy (non-hydrogen) atoms. The average Bonchev–Trinajstić information content (AvgIpc) is 3.93. The normalized spacial score (nSPS) is 11.3. The molecule has 0 aliphatic carbocycles. The molecule has 0 fully saturated rings. The van der Waals surface area contributed by atoms with Crippen molar-refractivity contribution in [3.05, 3.63) is 231 Å². The van der Waals surface area contributed by atoms with Crippen molar-refractivity contribution in [2.45, 2.75) is 0 Å². The lowest BCUT2D eigenvalue weighted by Gasteiger charge is -2.15. The van der Waals surface area contributed by atoms with Crippen LogP contribution in [0.3, 0.4) is 0 Å². The Bertz CT molecular complexity index is 3270. The first kappa shape index (κ1) is 35.1. The quantitative estimate of drug-likeness (QED) is 0.154. The summed E-state index contributed by atoms with van der Waals surface area (Å²) in [5.74, 6) is 1.48. The number of para-hydroxylation sites is 2. The lowest BCUT2D eigenvalue weighted by atomic mass is 9.89. The molecule has 0 saturated heterocycles. The highest BCUT2D eigenvalue weighted by atomic mass is 15.4. The van der Waals surface area contributed by atoms with Crippen LogP contribution in [0.5, 0.6) is 0 Å². The Morgan fingerprint density at radius 1 is 0.300 bits per heavy atom. The van der Waals surface area contributed by atoms with Crippen molar-refractivity contribution in [1.82, 2.24) is 19.3 Å². The number of hydrogen-bond donors (Lipinski definition) is 0. The summed E-state index contributed by atoms with van der Waals surface area (Å²) in [4.78, 5) is 5.11. The number of nitrogens with zero attached hydrogens (tertiary/aromatic N) is 4. The summed E-state index contributed by atoms with van der Waals surface area (Å²) in [5, 5.41) is 7.56. The van der Waals surface area contributed by atoms with Crippen LogP contribution in [0.15, 0.2) is 231 Å². The lowest BCUT2D eigenvalue weighted by Crippen LogP contribution is -2.00. The third-order valence-electron chi connectivity index (χ3n) is 11.5. The molecule has 2 aromatic heterocycles. The molecule has 0 aliphatic heterocycles. The van der Waals surface area contributed by atoms with Crippen LogP contribution in [0.1, 0.15) is 0 Å². The Balaban J connectivity index is 0.976. The van der Waals surface area contributed by atoms with Crippen LogP contribution in [0.25, 0.3) is 100 Å². The molecule has 0 spiro atoms. The van der Waals surface area contributed by atoms with Crippen molar-refractivity contribution in [2.24, 2.45) is 0 Å². The number of aromatic nitrogens is 4. The molecule has 0 atom stereocenters.